The van der Waals surface area contributed by atoms with E-state index in [4.69, 9.17) is 4.74 Å². The molecule has 1 amide bonds. The minimum Gasteiger partial charge on any atom is -0.467 e. The van der Waals surface area contributed by atoms with Crippen molar-refractivity contribution in [2.24, 2.45) is 5.92 Å². The third-order valence-electron chi connectivity index (χ3n) is 4.94. The molecule has 0 aliphatic heterocycles. The highest BCUT2D eigenvalue weighted by atomic mass is 32.1. The smallest absolute Gasteiger partial charge is 0.328 e. The van der Waals surface area contributed by atoms with Gasteiger partial charge < -0.3 is 10.1 Å². The van der Waals surface area contributed by atoms with Crippen molar-refractivity contribution in [1.29, 1.82) is 0 Å². The van der Waals surface area contributed by atoms with Crippen molar-refractivity contribution in [3.63, 3.8) is 0 Å². The topological polar surface area (TPSA) is 90.3 Å². The van der Waals surface area contributed by atoms with E-state index in [-0.39, 0.29) is 18.0 Å². The molecule has 2 aromatic heterocycles. The average Bonchev–Trinajstić information content (AvgIpc) is 3.18. The predicted molar refractivity (Wildman–Crippen MR) is 113 cm³/mol. The van der Waals surface area contributed by atoms with Crippen LogP contribution in [0.2, 0.25) is 0 Å². The molecular weight excluding hydrogens is 390 g/mol. The van der Waals surface area contributed by atoms with Gasteiger partial charge in [0, 0.05) is 10.9 Å². The van der Waals surface area contributed by atoms with Crippen LogP contribution in [0.15, 0.2) is 46.8 Å². The first-order valence-corrected chi connectivity index (χ1v) is 10.2. The van der Waals surface area contributed by atoms with Gasteiger partial charge in [0.1, 0.15) is 17.4 Å². The van der Waals surface area contributed by atoms with E-state index < -0.39 is 17.9 Å². The Balaban J connectivity index is 1.89. The Hall–Kier alpha value is -3.00. The van der Waals surface area contributed by atoms with Crippen LogP contribution in [0.4, 0.5) is 0 Å². The number of carbonyl (C=O) groups excluding carboxylic acids is 2. The molecule has 0 fully saturated rings. The van der Waals surface area contributed by atoms with E-state index in [0.717, 1.165) is 11.1 Å². The predicted octanol–water partition coefficient (Wildman–Crippen LogP) is 2.83. The summed E-state index contributed by atoms with van der Waals surface area (Å²) in [7, 11) is 1.29. The van der Waals surface area contributed by atoms with Crippen LogP contribution >= 0.6 is 11.3 Å². The lowest BCUT2D eigenvalue weighted by Crippen LogP contribution is -2.47. The second kappa shape index (κ2) is 9.00. The highest BCUT2D eigenvalue weighted by molar-refractivity contribution is 7.17. The number of amides is 1. The van der Waals surface area contributed by atoms with E-state index in [0.29, 0.717) is 16.6 Å². The van der Waals surface area contributed by atoms with Crippen molar-refractivity contribution in [2.75, 3.05) is 7.11 Å². The Labute approximate surface area is 172 Å². The van der Waals surface area contributed by atoms with Gasteiger partial charge in [-0.05, 0) is 11.5 Å². The van der Waals surface area contributed by atoms with Crippen molar-refractivity contribution in [3.05, 3.63) is 52.4 Å². The molecule has 29 heavy (non-hydrogen) atoms. The Kier molecular flexibility index (Phi) is 6.43. The molecular formula is C21H23N3O4S. The largest absolute Gasteiger partial charge is 0.467 e. The van der Waals surface area contributed by atoms with E-state index in [9.17, 15) is 14.4 Å². The lowest BCUT2D eigenvalue weighted by atomic mass is 9.99. The van der Waals surface area contributed by atoms with Crippen molar-refractivity contribution >= 4 is 33.4 Å². The third-order valence-corrected chi connectivity index (χ3v) is 5.83. The zero-order chi connectivity index (χ0) is 21.0. The number of rotatable bonds is 7. The number of ether oxygens (including phenoxy) is 1. The molecule has 0 spiro atoms. The minimum atomic E-state index is -0.758. The monoisotopic (exact) mass is 413 g/mol. The van der Waals surface area contributed by atoms with Gasteiger partial charge in [-0.3, -0.25) is 14.2 Å². The van der Waals surface area contributed by atoms with Gasteiger partial charge in [-0.25, -0.2) is 9.78 Å². The van der Waals surface area contributed by atoms with Crippen LogP contribution in [0.1, 0.15) is 20.3 Å². The molecule has 0 bridgehead atoms. The fraction of sp³-hybridized carbons (Fsp3) is 0.333. The van der Waals surface area contributed by atoms with Crippen LogP contribution in [-0.4, -0.2) is 34.6 Å². The van der Waals surface area contributed by atoms with Crippen LogP contribution in [-0.2, 0) is 20.9 Å². The number of nitrogens with zero attached hydrogens (tertiary/aromatic N) is 2. The standard InChI is InChI=1S/C21H23N3O4S/c1-4-13(2)18(21(27)28-3)23-16(25)10-24-12-22-19-17(20(24)26)15(11-29-19)14-8-6-5-7-9-14/h5-9,11-13,18H,4,10H2,1-3H3,(H,23,25)/t13-,18-/m0/s1. The maximum absolute atomic E-state index is 13.0. The Morgan fingerprint density at radius 2 is 2.00 bits per heavy atom. The lowest BCUT2D eigenvalue weighted by molar-refractivity contribution is -0.146. The highest BCUT2D eigenvalue weighted by Gasteiger charge is 2.27. The first kappa shape index (κ1) is 20.7. The fourth-order valence-electron chi connectivity index (χ4n) is 3.08. The molecule has 3 aromatic rings. The maximum atomic E-state index is 13.0. The number of nitrogens with one attached hydrogen (secondary N) is 1. The number of hydrogen-bond donors (Lipinski definition) is 1. The molecule has 7 nitrogen and oxygen atoms in total. The molecule has 152 valence electrons. The molecule has 0 radical (unpaired) electrons. The summed E-state index contributed by atoms with van der Waals surface area (Å²) in [6, 6.07) is 8.82. The highest BCUT2D eigenvalue weighted by Crippen LogP contribution is 2.30. The van der Waals surface area contributed by atoms with E-state index >= 15 is 0 Å². The maximum Gasteiger partial charge on any atom is 0.328 e. The summed E-state index contributed by atoms with van der Waals surface area (Å²) in [6.45, 7) is 3.56. The van der Waals surface area contributed by atoms with Crippen LogP contribution in [0.25, 0.3) is 21.3 Å². The second-order valence-corrected chi connectivity index (χ2v) is 7.69. The summed E-state index contributed by atoms with van der Waals surface area (Å²) in [5, 5.41) is 5.07. The van der Waals surface area contributed by atoms with E-state index in [1.54, 1.807) is 0 Å². The molecule has 2 atom stereocenters. The summed E-state index contributed by atoms with van der Waals surface area (Å²) in [5.41, 5.74) is 1.43. The Morgan fingerprint density at radius 3 is 2.66 bits per heavy atom. The SMILES string of the molecule is CC[C@H](C)[C@H](NC(=O)Cn1cnc2scc(-c3ccccc3)c2c1=O)C(=O)OC. The molecule has 0 aliphatic carbocycles. The zero-order valence-electron chi connectivity index (χ0n) is 16.5. The van der Waals surface area contributed by atoms with Gasteiger partial charge in [0.2, 0.25) is 5.91 Å². The molecule has 8 heteroatoms. The fourth-order valence-corrected chi connectivity index (χ4v) is 3.99. The van der Waals surface area contributed by atoms with Crippen LogP contribution in [0, 0.1) is 5.92 Å². The molecule has 0 saturated heterocycles. The van der Waals surface area contributed by atoms with Gasteiger partial charge in [0.25, 0.3) is 5.56 Å². The number of carbonyl (C=O) groups is 2. The van der Waals surface area contributed by atoms with Gasteiger partial charge in [-0.15, -0.1) is 11.3 Å². The van der Waals surface area contributed by atoms with Crippen LogP contribution < -0.4 is 10.9 Å². The molecule has 0 unspecified atom stereocenters. The van der Waals surface area contributed by atoms with E-state index in [1.165, 1.54) is 29.3 Å². The van der Waals surface area contributed by atoms with Gasteiger partial charge >= 0.3 is 5.97 Å². The van der Waals surface area contributed by atoms with Crippen molar-refractivity contribution in [1.82, 2.24) is 14.9 Å². The third kappa shape index (κ3) is 4.37. The van der Waals surface area contributed by atoms with Crippen molar-refractivity contribution in [3.8, 4) is 11.1 Å². The van der Waals surface area contributed by atoms with E-state index in [2.05, 4.69) is 10.3 Å². The Bertz CT molecular complexity index is 1070. The minimum absolute atomic E-state index is 0.0923. The molecule has 0 aliphatic rings. The van der Waals surface area contributed by atoms with E-state index in [1.807, 2.05) is 49.6 Å². The van der Waals surface area contributed by atoms with Gasteiger partial charge in [0.15, 0.2) is 0 Å². The van der Waals surface area contributed by atoms with Crippen LogP contribution in [0.5, 0.6) is 0 Å². The molecule has 1 N–H and O–H groups in total. The quantitative estimate of drug-likeness (QED) is 0.602. The summed E-state index contributed by atoms with van der Waals surface area (Å²) < 4.78 is 6.05. The number of fused-ring (bicyclic) bond motifs is 1. The van der Waals surface area contributed by atoms with Gasteiger partial charge in [-0.1, -0.05) is 50.6 Å². The summed E-state index contributed by atoms with van der Waals surface area (Å²) in [5.74, 6) is -1.04. The van der Waals surface area contributed by atoms with Crippen molar-refractivity contribution in [2.45, 2.75) is 32.9 Å². The number of esters is 1. The van der Waals surface area contributed by atoms with Crippen molar-refractivity contribution < 1.29 is 14.3 Å². The van der Waals surface area contributed by atoms with Gasteiger partial charge in [0.05, 0.1) is 18.8 Å². The number of aromatic nitrogens is 2. The second-order valence-electron chi connectivity index (χ2n) is 6.83. The number of hydrogen-bond acceptors (Lipinski definition) is 6. The Morgan fingerprint density at radius 1 is 1.28 bits per heavy atom. The number of benzene rings is 1. The molecule has 2 heterocycles. The molecule has 1 aromatic carbocycles. The normalized spacial score (nSPS) is 13.1. The molecule has 0 saturated carbocycles. The lowest BCUT2D eigenvalue weighted by Gasteiger charge is -2.22. The summed E-state index contributed by atoms with van der Waals surface area (Å²) in [4.78, 5) is 42.5. The average molecular weight is 413 g/mol. The van der Waals surface area contributed by atoms with Gasteiger partial charge in [-0.2, -0.15) is 0 Å². The molecule has 3 rings (SSSR count). The number of methoxy groups -OCH3 is 1. The van der Waals surface area contributed by atoms with Crippen LogP contribution in [0.3, 0.4) is 0 Å². The first-order valence-electron chi connectivity index (χ1n) is 9.35. The zero-order valence-corrected chi connectivity index (χ0v) is 17.4. The number of thiophene rings is 1. The summed E-state index contributed by atoms with van der Waals surface area (Å²) >= 11 is 1.39. The summed E-state index contributed by atoms with van der Waals surface area (Å²) in [6.07, 6.45) is 2.06. The first-order chi connectivity index (χ1) is 14.0.